The Kier molecular flexibility index (Phi) is 3.41. The first kappa shape index (κ1) is 11.7. The molecule has 0 aliphatic carbocycles. The van der Waals surface area contributed by atoms with Crippen molar-refractivity contribution in [1.29, 1.82) is 0 Å². The van der Waals surface area contributed by atoms with Crippen LogP contribution in [0.25, 0.3) is 0 Å². The smallest absolute Gasteiger partial charge is 0.253 e. The Labute approximate surface area is 105 Å². The monoisotopic (exact) mass is 257 g/mol. The van der Waals surface area contributed by atoms with Crippen molar-refractivity contribution < 1.29 is 4.79 Å². The minimum Gasteiger partial charge on any atom is -0.336 e. The molecule has 16 heavy (non-hydrogen) atoms. The first-order valence-electron chi connectivity index (χ1n) is 5.31. The van der Waals surface area contributed by atoms with E-state index < -0.39 is 4.33 Å². The average molecular weight is 258 g/mol. The molecule has 1 saturated heterocycles. The van der Waals surface area contributed by atoms with Crippen LogP contribution >= 0.6 is 23.2 Å². The maximum absolute atomic E-state index is 12.1. The van der Waals surface area contributed by atoms with E-state index in [-0.39, 0.29) is 5.91 Å². The summed E-state index contributed by atoms with van der Waals surface area (Å²) in [6.45, 7) is 1.14. The highest BCUT2D eigenvalue weighted by Gasteiger charge is 2.33. The molecule has 0 aromatic heterocycles. The number of halogens is 2. The molecule has 4 heteroatoms. The Balaban J connectivity index is 2.11. The van der Waals surface area contributed by atoms with Crippen molar-refractivity contribution in [3.63, 3.8) is 0 Å². The first-order valence-corrected chi connectivity index (χ1v) is 6.06. The van der Waals surface area contributed by atoms with Crippen molar-refractivity contribution in [2.75, 3.05) is 13.1 Å². The molecule has 0 atom stereocenters. The van der Waals surface area contributed by atoms with Crippen molar-refractivity contribution in [1.82, 2.24) is 4.90 Å². The van der Waals surface area contributed by atoms with E-state index in [4.69, 9.17) is 23.2 Å². The van der Waals surface area contributed by atoms with Gasteiger partial charge in [-0.1, -0.05) is 41.4 Å². The number of hydrogen-bond donors (Lipinski definition) is 0. The number of benzene rings is 1. The Hall–Kier alpha value is -0.730. The summed E-state index contributed by atoms with van der Waals surface area (Å²) >= 11 is 12.1. The van der Waals surface area contributed by atoms with Crippen LogP contribution in [0.15, 0.2) is 30.3 Å². The Morgan fingerprint density at radius 3 is 2.56 bits per heavy atom. The molecule has 2 rings (SSSR count). The molecule has 1 heterocycles. The van der Waals surface area contributed by atoms with Crippen molar-refractivity contribution in [2.45, 2.75) is 17.2 Å². The van der Waals surface area contributed by atoms with Crippen LogP contribution in [0.2, 0.25) is 0 Å². The van der Waals surface area contributed by atoms with Crippen molar-refractivity contribution in [2.24, 2.45) is 0 Å². The normalized spacial score (nSPS) is 19.5. The van der Waals surface area contributed by atoms with Crippen LogP contribution in [0.3, 0.4) is 0 Å². The molecule has 2 nitrogen and oxygen atoms in total. The van der Waals surface area contributed by atoms with E-state index in [1.165, 1.54) is 0 Å². The minimum absolute atomic E-state index is 0.00553. The van der Waals surface area contributed by atoms with Gasteiger partial charge in [-0.15, -0.1) is 0 Å². The molecule has 0 unspecified atom stereocenters. The lowest BCUT2D eigenvalue weighted by Crippen LogP contribution is -2.44. The van der Waals surface area contributed by atoms with E-state index in [2.05, 4.69) is 0 Å². The van der Waals surface area contributed by atoms with E-state index in [0.717, 1.165) is 19.4 Å². The van der Waals surface area contributed by atoms with Crippen LogP contribution in [-0.4, -0.2) is 28.2 Å². The summed E-state index contributed by atoms with van der Waals surface area (Å²) in [7, 11) is 0. The highest BCUT2D eigenvalue weighted by atomic mass is 35.5. The molecule has 1 fully saturated rings. The summed E-state index contributed by atoms with van der Waals surface area (Å²) in [4.78, 5) is 13.8. The molecule has 1 aromatic rings. The van der Waals surface area contributed by atoms with Crippen LogP contribution in [0.1, 0.15) is 23.2 Å². The zero-order chi connectivity index (χ0) is 11.6. The number of piperidine rings is 1. The van der Waals surface area contributed by atoms with Gasteiger partial charge in [0.25, 0.3) is 5.91 Å². The third-order valence-corrected chi connectivity index (χ3v) is 3.32. The average Bonchev–Trinajstić information content (AvgIpc) is 2.28. The second-order valence-electron chi connectivity index (χ2n) is 4.05. The van der Waals surface area contributed by atoms with E-state index in [1.54, 1.807) is 17.0 Å². The third-order valence-electron chi connectivity index (χ3n) is 2.70. The number of rotatable bonds is 1. The summed E-state index contributed by atoms with van der Waals surface area (Å²) in [5, 5.41) is 0. The van der Waals surface area contributed by atoms with Gasteiger partial charge < -0.3 is 4.90 Å². The van der Waals surface area contributed by atoms with Gasteiger partial charge in [0.15, 0.2) is 0 Å². The maximum Gasteiger partial charge on any atom is 0.253 e. The fraction of sp³-hybridized carbons (Fsp3) is 0.417. The van der Waals surface area contributed by atoms with Crippen molar-refractivity contribution in [3.05, 3.63) is 35.9 Å². The van der Waals surface area contributed by atoms with Crippen LogP contribution in [0.5, 0.6) is 0 Å². The molecule has 0 bridgehead atoms. The number of amides is 1. The number of hydrogen-bond acceptors (Lipinski definition) is 1. The second-order valence-corrected chi connectivity index (χ2v) is 5.69. The van der Waals surface area contributed by atoms with Crippen LogP contribution in [0, 0.1) is 0 Å². The van der Waals surface area contributed by atoms with Crippen molar-refractivity contribution in [3.8, 4) is 0 Å². The van der Waals surface area contributed by atoms with Gasteiger partial charge in [0.05, 0.1) is 6.54 Å². The molecule has 0 N–H and O–H groups in total. The summed E-state index contributed by atoms with van der Waals surface area (Å²) < 4.78 is -0.789. The molecule has 0 radical (unpaired) electrons. The topological polar surface area (TPSA) is 20.3 Å². The quantitative estimate of drug-likeness (QED) is 0.709. The van der Waals surface area contributed by atoms with Crippen molar-refractivity contribution >= 4 is 29.1 Å². The molecule has 1 aromatic carbocycles. The molecule has 1 amide bonds. The van der Waals surface area contributed by atoms with E-state index in [0.29, 0.717) is 12.1 Å². The Morgan fingerprint density at radius 2 is 1.94 bits per heavy atom. The standard InChI is InChI=1S/C12H13Cl2NO/c13-12(14)7-4-8-15(9-12)11(16)10-5-2-1-3-6-10/h1-3,5-6H,4,7-9H2. The molecule has 1 aliphatic heterocycles. The van der Waals surface area contributed by atoms with E-state index in [1.807, 2.05) is 18.2 Å². The third kappa shape index (κ3) is 2.69. The summed E-state index contributed by atoms with van der Waals surface area (Å²) in [6, 6.07) is 9.21. The van der Waals surface area contributed by atoms with Gasteiger partial charge in [-0.2, -0.15) is 0 Å². The zero-order valence-electron chi connectivity index (χ0n) is 8.83. The van der Waals surface area contributed by atoms with Gasteiger partial charge in [-0.25, -0.2) is 0 Å². The van der Waals surface area contributed by atoms with Gasteiger partial charge in [0.1, 0.15) is 4.33 Å². The number of likely N-dealkylation sites (tertiary alicyclic amines) is 1. The molecule has 1 aliphatic rings. The maximum atomic E-state index is 12.1. The first-order chi connectivity index (χ1) is 7.58. The number of alkyl halides is 2. The van der Waals surface area contributed by atoms with Gasteiger partial charge in [0, 0.05) is 12.1 Å². The fourth-order valence-electron chi connectivity index (χ4n) is 1.90. The van der Waals surface area contributed by atoms with E-state index in [9.17, 15) is 4.79 Å². The Morgan fingerprint density at radius 1 is 1.25 bits per heavy atom. The van der Waals surface area contributed by atoms with Gasteiger partial charge in [-0.3, -0.25) is 4.79 Å². The minimum atomic E-state index is -0.789. The predicted molar refractivity (Wildman–Crippen MR) is 66.0 cm³/mol. The number of carbonyl (C=O) groups is 1. The molecular weight excluding hydrogens is 245 g/mol. The van der Waals surface area contributed by atoms with Crippen LogP contribution in [0.4, 0.5) is 0 Å². The number of carbonyl (C=O) groups excluding carboxylic acids is 1. The van der Waals surface area contributed by atoms with Crippen LogP contribution < -0.4 is 0 Å². The lowest BCUT2D eigenvalue weighted by atomic mass is 10.1. The second kappa shape index (κ2) is 4.64. The zero-order valence-corrected chi connectivity index (χ0v) is 10.3. The largest absolute Gasteiger partial charge is 0.336 e. The lowest BCUT2D eigenvalue weighted by Gasteiger charge is -2.34. The Bertz CT molecular complexity index is 378. The highest BCUT2D eigenvalue weighted by molar-refractivity contribution is 6.48. The number of nitrogens with zero attached hydrogens (tertiary/aromatic N) is 1. The molecule has 0 saturated carbocycles. The van der Waals surface area contributed by atoms with E-state index >= 15 is 0 Å². The fourth-order valence-corrected chi connectivity index (χ4v) is 2.46. The van der Waals surface area contributed by atoms with Crippen LogP contribution in [-0.2, 0) is 0 Å². The lowest BCUT2D eigenvalue weighted by molar-refractivity contribution is 0.0717. The SMILES string of the molecule is O=C(c1ccccc1)N1CCCC(Cl)(Cl)C1. The summed E-state index contributed by atoms with van der Waals surface area (Å²) in [5.74, 6) is 0.00553. The molecular formula is C12H13Cl2NO. The predicted octanol–water partition coefficient (Wildman–Crippen LogP) is 3.10. The highest BCUT2D eigenvalue weighted by Crippen LogP contribution is 2.32. The molecule has 86 valence electrons. The van der Waals surface area contributed by atoms with Gasteiger partial charge >= 0.3 is 0 Å². The van der Waals surface area contributed by atoms with Gasteiger partial charge in [-0.05, 0) is 25.0 Å². The molecule has 0 spiro atoms. The van der Waals surface area contributed by atoms with Gasteiger partial charge in [0.2, 0.25) is 0 Å². The summed E-state index contributed by atoms with van der Waals surface area (Å²) in [5.41, 5.74) is 0.688. The summed E-state index contributed by atoms with van der Waals surface area (Å²) in [6.07, 6.45) is 1.60.